The van der Waals surface area contributed by atoms with Crippen molar-refractivity contribution in [3.63, 3.8) is 0 Å². The first kappa shape index (κ1) is 14.8. The Hall–Kier alpha value is -0.170. The van der Waals surface area contributed by atoms with Gasteiger partial charge in [-0.15, -0.1) is 0 Å². The lowest BCUT2D eigenvalue weighted by molar-refractivity contribution is 0.372. The van der Waals surface area contributed by atoms with Gasteiger partial charge in [0, 0.05) is 25.7 Å². The summed E-state index contributed by atoms with van der Waals surface area (Å²) in [5.74, 6) is 1.35. The van der Waals surface area contributed by atoms with E-state index in [4.69, 9.17) is 0 Å². The smallest absolute Gasteiger partial charge is 0.279 e. The lowest BCUT2D eigenvalue weighted by atomic mass is 9.96. The number of nitrogens with zero attached hydrogens (tertiary/aromatic N) is 1. The summed E-state index contributed by atoms with van der Waals surface area (Å²) in [6, 6.07) is 0.884. The SMILES string of the molecule is CN(CCCNC1CC1)S(=O)(=O)NC1CC2CCC1C2. The lowest BCUT2D eigenvalue weighted by Gasteiger charge is -2.26. The molecule has 0 amide bonds. The minimum absolute atomic E-state index is 0.186. The van der Waals surface area contributed by atoms with Crippen molar-refractivity contribution >= 4 is 10.2 Å². The highest BCUT2D eigenvalue weighted by molar-refractivity contribution is 7.87. The summed E-state index contributed by atoms with van der Waals surface area (Å²) in [5, 5.41) is 3.42. The summed E-state index contributed by atoms with van der Waals surface area (Å²) in [7, 11) is -1.61. The molecule has 0 radical (unpaired) electrons. The Bertz CT molecular complexity index is 436. The molecule has 6 heteroatoms. The molecule has 0 heterocycles. The van der Waals surface area contributed by atoms with Crippen LogP contribution in [0.3, 0.4) is 0 Å². The minimum Gasteiger partial charge on any atom is -0.314 e. The van der Waals surface area contributed by atoms with Gasteiger partial charge in [0.15, 0.2) is 0 Å². The molecular weight excluding hydrogens is 274 g/mol. The molecule has 0 aromatic heterocycles. The van der Waals surface area contributed by atoms with Crippen LogP contribution in [0.4, 0.5) is 0 Å². The second-order valence-electron chi connectivity index (χ2n) is 6.81. The fraction of sp³-hybridized carbons (Fsp3) is 1.00. The Labute approximate surface area is 122 Å². The average Bonchev–Trinajstić information content (AvgIpc) is 3.00. The van der Waals surface area contributed by atoms with Crippen molar-refractivity contribution in [1.29, 1.82) is 0 Å². The van der Waals surface area contributed by atoms with Crippen molar-refractivity contribution < 1.29 is 8.42 Å². The normalized spacial score (nSPS) is 33.2. The predicted octanol–water partition coefficient (Wildman–Crippen LogP) is 1.08. The van der Waals surface area contributed by atoms with E-state index in [1.54, 1.807) is 7.05 Å². The lowest BCUT2D eigenvalue weighted by Crippen LogP contribution is -2.46. The van der Waals surface area contributed by atoms with E-state index < -0.39 is 10.2 Å². The van der Waals surface area contributed by atoms with E-state index in [1.807, 2.05) is 0 Å². The maximum Gasteiger partial charge on any atom is 0.279 e. The van der Waals surface area contributed by atoms with E-state index in [2.05, 4.69) is 10.0 Å². The molecule has 3 atom stereocenters. The summed E-state index contributed by atoms with van der Waals surface area (Å²) in [4.78, 5) is 0. The molecule has 3 saturated carbocycles. The van der Waals surface area contributed by atoms with Gasteiger partial charge in [0.2, 0.25) is 0 Å². The zero-order chi connectivity index (χ0) is 14.2. The van der Waals surface area contributed by atoms with Gasteiger partial charge >= 0.3 is 0 Å². The Morgan fingerprint density at radius 2 is 1.95 bits per heavy atom. The Morgan fingerprint density at radius 1 is 1.15 bits per heavy atom. The molecule has 5 nitrogen and oxygen atoms in total. The van der Waals surface area contributed by atoms with Crippen LogP contribution >= 0.6 is 0 Å². The van der Waals surface area contributed by atoms with Crippen molar-refractivity contribution in [2.24, 2.45) is 11.8 Å². The first-order valence-electron chi connectivity index (χ1n) is 8.01. The summed E-state index contributed by atoms with van der Waals surface area (Å²) in [6.07, 6.45) is 8.20. The molecule has 0 aliphatic heterocycles. The Kier molecular flexibility index (Phi) is 4.36. The zero-order valence-corrected chi connectivity index (χ0v) is 13.2. The molecule has 0 saturated heterocycles. The number of rotatable bonds is 8. The standard InChI is InChI=1S/C14H27N3O2S/c1-17(8-2-7-15-13-5-6-13)20(18,19)16-14-10-11-3-4-12(14)9-11/h11-16H,2-10H2,1H3. The molecule has 3 unspecified atom stereocenters. The van der Waals surface area contributed by atoms with Crippen LogP contribution in [-0.2, 0) is 10.2 Å². The second-order valence-corrected chi connectivity index (χ2v) is 8.62. The van der Waals surface area contributed by atoms with Crippen molar-refractivity contribution in [3.8, 4) is 0 Å². The van der Waals surface area contributed by atoms with Gasteiger partial charge < -0.3 is 5.32 Å². The molecular formula is C14H27N3O2S. The van der Waals surface area contributed by atoms with Crippen molar-refractivity contribution in [2.45, 2.75) is 57.0 Å². The van der Waals surface area contributed by atoms with Gasteiger partial charge in [-0.05, 0) is 56.9 Å². The van der Waals surface area contributed by atoms with Gasteiger partial charge in [0.25, 0.3) is 10.2 Å². The van der Waals surface area contributed by atoms with Crippen LogP contribution < -0.4 is 10.0 Å². The van der Waals surface area contributed by atoms with Gasteiger partial charge in [-0.25, -0.2) is 0 Å². The molecule has 2 bridgehead atoms. The van der Waals surface area contributed by atoms with Gasteiger partial charge in [0.1, 0.15) is 0 Å². The second kappa shape index (κ2) is 5.91. The third kappa shape index (κ3) is 3.53. The van der Waals surface area contributed by atoms with Crippen molar-refractivity contribution in [2.75, 3.05) is 20.1 Å². The maximum atomic E-state index is 12.3. The highest BCUT2D eigenvalue weighted by Gasteiger charge is 2.41. The van der Waals surface area contributed by atoms with E-state index in [0.29, 0.717) is 18.5 Å². The van der Waals surface area contributed by atoms with E-state index in [9.17, 15) is 8.42 Å². The molecule has 0 spiro atoms. The number of fused-ring (bicyclic) bond motifs is 2. The molecule has 2 N–H and O–H groups in total. The molecule has 3 rings (SSSR count). The third-order valence-electron chi connectivity index (χ3n) is 5.11. The molecule has 3 aliphatic carbocycles. The number of nitrogens with one attached hydrogen (secondary N) is 2. The fourth-order valence-corrected chi connectivity index (χ4v) is 4.91. The summed E-state index contributed by atoms with van der Waals surface area (Å²) in [6.45, 7) is 1.51. The first-order valence-corrected chi connectivity index (χ1v) is 9.45. The predicted molar refractivity (Wildman–Crippen MR) is 79.6 cm³/mol. The highest BCUT2D eigenvalue weighted by Crippen LogP contribution is 2.44. The van der Waals surface area contributed by atoms with Crippen LogP contribution in [-0.4, -0.2) is 44.9 Å². The van der Waals surface area contributed by atoms with E-state index in [1.165, 1.54) is 36.4 Å². The topological polar surface area (TPSA) is 61.4 Å². The van der Waals surface area contributed by atoms with Crippen LogP contribution in [0.2, 0.25) is 0 Å². The summed E-state index contributed by atoms with van der Waals surface area (Å²) < 4.78 is 29.0. The summed E-state index contributed by atoms with van der Waals surface area (Å²) in [5.41, 5.74) is 0. The minimum atomic E-state index is -3.30. The van der Waals surface area contributed by atoms with Gasteiger partial charge in [-0.2, -0.15) is 17.4 Å². The van der Waals surface area contributed by atoms with E-state index in [-0.39, 0.29) is 6.04 Å². The molecule has 0 aromatic rings. The molecule has 116 valence electrons. The van der Waals surface area contributed by atoms with Crippen molar-refractivity contribution in [1.82, 2.24) is 14.3 Å². The number of hydrogen-bond acceptors (Lipinski definition) is 3. The van der Waals surface area contributed by atoms with Gasteiger partial charge in [0.05, 0.1) is 0 Å². The molecule has 3 aliphatic rings. The van der Waals surface area contributed by atoms with Crippen LogP contribution in [0.5, 0.6) is 0 Å². The largest absolute Gasteiger partial charge is 0.314 e. The van der Waals surface area contributed by atoms with E-state index in [0.717, 1.165) is 25.3 Å². The number of hydrogen-bond donors (Lipinski definition) is 2. The van der Waals surface area contributed by atoms with Gasteiger partial charge in [-0.1, -0.05) is 6.42 Å². The summed E-state index contributed by atoms with van der Waals surface area (Å²) >= 11 is 0. The monoisotopic (exact) mass is 301 g/mol. The Balaban J connectivity index is 1.41. The molecule has 3 fully saturated rings. The van der Waals surface area contributed by atoms with Crippen LogP contribution in [0.25, 0.3) is 0 Å². The maximum absolute atomic E-state index is 12.3. The fourth-order valence-electron chi connectivity index (χ4n) is 3.69. The van der Waals surface area contributed by atoms with Crippen LogP contribution in [0.15, 0.2) is 0 Å². The highest BCUT2D eigenvalue weighted by atomic mass is 32.2. The van der Waals surface area contributed by atoms with Crippen LogP contribution in [0, 0.1) is 11.8 Å². The first-order chi connectivity index (χ1) is 9.54. The molecule has 0 aromatic carbocycles. The molecule has 20 heavy (non-hydrogen) atoms. The third-order valence-corrected chi connectivity index (χ3v) is 6.71. The van der Waals surface area contributed by atoms with Crippen molar-refractivity contribution in [3.05, 3.63) is 0 Å². The zero-order valence-electron chi connectivity index (χ0n) is 12.3. The van der Waals surface area contributed by atoms with Crippen LogP contribution in [0.1, 0.15) is 44.9 Å². The average molecular weight is 301 g/mol. The van der Waals surface area contributed by atoms with Gasteiger partial charge in [-0.3, -0.25) is 0 Å². The quantitative estimate of drug-likeness (QED) is 0.660. The Morgan fingerprint density at radius 3 is 2.55 bits per heavy atom. The van der Waals surface area contributed by atoms with E-state index >= 15 is 0 Å².